The molecule has 4 aromatic rings. The highest BCUT2D eigenvalue weighted by Gasteiger charge is 2.31. The van der Waals surface area contributed by atoms with Gasteiger partial charge >= 0.3 is 0 Å². The maximum Gasteiger partial charge on any atom is 0.254 e. The minimum atomic E-state index is -0.373. The molecule has 2 aromatic carbocycles. The Labute approximate surface area is 208 Å². The molecule has 1 atom stereocenters. The number of nitrogens with zero attached hydrogens (tertiary/aromatic N) is 5. The Morgan fingerprint density at radius 1 is 1.14 bits per heavy atom. The number of piperidine rings is 1. The van der Waals surface area contributed by atoms with E-state index in [4.69, 9.17) is 0 Å². The summed E-state index contributed by atoms with van der Waals surface area (Å²) in [4.78, 5) is 32.1. The van der Waals surface area contributed by atoms with E-state index in [0.717, 1.165) is 30.8 Å². The van der Waals surface area contributed by atoms with Crippen molar-refractivity contribution in [2.75, 3.05) is 11.9 Å². The van der Waals surface area contributed by atoms with Crippen LogP contribution in [0, 0.1) is 5.82 Å². The predicted molar refractivity (Wildman–Crippen MR) is 133 cm³/mol. The molecule has 2 aromatic heterocycles. The zero-order valence-corrected chi connectivity index (χ0v) is 20.0. The predicted octanol–water partition coefficient (Wildman–Crippen LogP) is 4.29. The first kappa shape index (κ1) is 23.5. The average Bonchev–Trinajstić information content (AvgIpc) is 3.52. The fourth-order valence-electron chi connectivity index (χ4n) is 4.63. The number of carbonyl (C=O) groups excluding carboxylic acids is 2. The molecule has 5 rings (SSSR count). The van der Waals surface area contributed by atoms with Crippen molar-refractivity contribution in [1.29, 1.82) is 0 Å². The number of carbonyl (C=O) groups is 2. The highest BCUT2D eigenvalue weighted by molar-refractivity contribution is 5.95. The standard InChI is InChI=1S/C27H27FN6O2/c1-32-14-12-29-26(32)24-7-2-3-13-33(24)27(36)20-8-10-23(11-9-20)34-18-22(17-30-34)31-25(35)16-19-5-4-6-21(28)15-19/h4-6,8-12,14-15,17-18,24H,2-3,7,13,16H2,1H3,(H,31,35)/t24-/m0/s1. The normalized spacial score (nSPS) is 15.6. The van der Waals surface area contributed by atoms with Crippen LogP contribution in [0.4, 0.5) is 10.1 Å². The van der Waals surface area contributed by atoms with E-state index in [1.807, 2.05) is 34.8 Å². The van der Waals surface area contributed by atoms with E-state index >= 15 is 0 Å². The van der Waals surface area contributed by atoms with Crippen molar-refractivity contribution in [3.8, 4) is 5.69 Å². The third kappa shape index (κ3) is 5.05. The molecule has 3 heterocycles. The largest absolute Gasteiger partial charge is 0.336 e. The number of benzene rings is 2. The fraction of sp³-hybridized carbons (Fsp3) is 0.259. The van der Waals surface area contributed by atoms with Gasteiger partial charge in [-0.15, -0.1) is 0 Å². The van der Waals surface area contributed by atoms with Crippen LogP contribution in [0.3, 0.4) is 0 Å². The second kappa shape index (κ2) is 10.2. The summed E-state index contributed by atoms with van der Waals surface area (Å²) < 4.78 is 17.0. The lowest BCUT2D eigenvalue weighted by Gasteiger charge is -2.35. The van der Waals surface area contributed by atoms with Crippen LogP contribution in [0.15, 0.2) is 73.3 Å². The topological polar surface area (TPSA) is 85.0 Å². The van der Waals surface area contributed by atoms with Gasteiger partial charge in [0.05, 0.1) is 36.2 Å². The maximum absolute atomic E-state index is 13.4. The minimum absolute atomic E-state index is 0.0139. The number of hydrogen-bond donors (Lipinski definition) is 1. The summed E-state index contributed by atoms with van der Waals surface area (Å²) in [7, 11) is 1.95. The third-order valence-corrected chi connectivity index (χ3v) is 6.42. The van der Waals surface area contributed by atoms with Gasteiger partial charge in [0, 0.05) is 31.5 Å². The molecule has 1 aliphatic heterocycles. The van der Waals surface area contributed by atoms with E-state index in [-0.39, 0.29) is 30.1 Å². The van der Waals surface area contributed by atoms with Crippen LogP contribution in [0.25, 0.3) is 5.69 Å². The number of halogens is 1. The summed E-state index contributed by atoms with van der Waals surface area (Å²) in [5.74, 6) is 0.260. The molecular formula is C27H27FN6O2. The van der Waals surface area contributed by atoms with Crippen LogP contribution in [0.2, 0.25) is 0 Å². The van der Waals surface area contributed by atoms with Gasteiger partial charge in [0.15, 0.2) is 0 Å². The van der Waals surface area contributed by atoms with Gasteiger partial charge in [0.25, 0.3) is 5.91 Å². The summed E-state index contributed by atoms with van der Waals surface area (Å²) in [5.41, 5.74) is 2.49. The zero-order valence-electron chi connectivity index (χ0n) is 20.0. The third-order valence-electron chi connectivity index (χ3n) is 6.42. The fourth-order valence-corrected chi connectivity index (χ4v) is 4.63. The Morgan fingerprint density at radius 3 is 2.72 bits per heavy atom. The lowest BCUT2D eigenvalue weighted by atomic mass is 10.00. The van der Waals surface area contributed by atoms with E-state index in [9.17, 15) is 14.0 Å². The minimum Gasteiger partial charge on any atom is -0.336 e. The van der Waals surface area contributed by atoms with Crippen molar-refractivity contribution >= 4 is 17.5 Å². The first-order valence-electron chi connectivity index (χ1n) is 12.0. The molecule has 184 valence electrons. The van der Waals surface area contributed by atoms with Crippen LogP contribution >= 0.6 is 0 Å². The van der Waals surface area contributed by atoms with Gasteiger partial charge in [0.2, 0.25) is 5.91 Å². The maximum atomic E-state index is 13.4. The Hall–Kier alpha value is -4.27. The summed E-state index contributed by atoms with van der Waals surface area (Å²) >= 11 is 0. The molecule has 9 heteroatoms. The highest BCUT2D eigenvalue weighted by Crippen LogP contribution is 2.31. The van der Waals surface area contributed by atoms with Crippen LogP contribution in [0.5, 0.6) is 0 Å². The number of rotatable bonds is 6. The van der Waals surface area contributed by atoms with Gasteiger partial charge in [-0.1, -0.05) is 12.1 Å². The molecule has 0 unspecified atom stereocenters. The Morgan fingerprint density at radius 2 is 1.97 bits per heavy atom. The van der Waals surface area contributed by atoms with E-state index in [1.165, 1.54) is 12.1 Å². The first-order valence-corrected chi connectivity index (χ1v) is 12.0. The van der Waals surface area contributed by atoms with Crippen molar-refractivity contribution in [3.63, 3.8) is 0 Å². The summed E-state index contributed by atoms with van der Waals surface area (Å²) in [6.07, 6.45) is 9.93. The van der Waals surface area contributed by atoms with Crippen LogP contribution in [-0.2, 0) is 18.3 Å². The van der Waals surface area contributed by atoms with Crippen LogP contribution in [0.1, 0.15) is 47.1 Å². The zero-order chi connectivity index (χ0) is 25.1. The molecule has 0 aliphatic carbocycles. The molecule has 1 aliphatic rings. The van der Waals surface area contributed by atoms with E-state index in [0.29, 0.717) is 23.4 Å². The molecule has 0 saturated carbocycles. The van der Waals surface area contributed by atoms with Crippen molar-refractivity contribution in [2.45, 2.75) is 31.7 Å². The van der Waals surface area contributed by atoms with Crippen LogP contribution in [-0.4, -0.2) is 42.6 Å². The molecule has 1 saturated heterocycles. The second-order valence-corrected chi connectivity index (χ2v) is 8.98. The number of imidazole rings is 1. The van der Waals surface area contributed by atoms with Gasteiger partial charge in [0.1, 0.15) is 11.6 Å². The SMILES string of the molecule is Cn1ccnc1[C@@H]1CCCCN1C(=O)c1ccc(-n2cc(NC(=O)Cc3cccc(F)c3)cn2)cc1. The van der Waals surface area contributed by atoms with E-state index in [1.54, 1.807) is 47.5 Å². The number of hydrogen-bond acceptors (Lipinski definition) is 4. The smallest absolute Gasteiger partial charge is 0.254 e. The number of anilines is 1. The molecule has 2 amide bonds. The first-order chi connectivity index (χ1) is 17.5. The van der Waals surface area contributed by atoms with Crippen molar-refractivity contribution < 1.29 is 14.0 Å². The molecule has 0 bridgehead atoms. The van der Waals surface area contributed by atoms with Crippen molar-refractivity contribution in [2.24, 2.45) is 7.05 Å². The Bertz CT molecular complexity index is 1380. The molecule has 0 radical (unpaired) electrons. The van der Waals surface area contributed by atoms with Crippen LogP contribution < -0.4 is 5.32 Å². The lowest BCUT2D eigenvalue weighted by Crippen LogP contribution is -2.39. The number of nitrogens with one attached hydrogen (secondary N) is 1. The Kier molecular flexibility index (Phi) is 6.62. The van der Waals surface area contributed by atoms with Gasteiger partial charge in [-0.2, -0.15) is 5.10 Å². The monoisotopic (exact) mass is 486 g/mol. The summed E-state index contributed by atoms with van der Waals surface area (Å²) in [5, 5.41) is 7.10. The van der Waals surface area contributed by atoms with Crippen molar-refractivity contribution in [3.05, 3.63) is 96.1 Å². The van der Waals surface area contributed by atoms with Gasteiger partial charge in [-0.05, 0) is 61.2 Å². The molecular weight excluding hydrogens is 459 g/mol. The average molecular weight is 487 g/mol. The van der Waals surface area contributed by atoms with Gasteiger partial charge in [-0.3, -0.25) is 9.59 Å². The molecule has 1 N–H and O–H groups in total. The quantitative estimate of drug-likeness (QED) is 0.441. The number of amides is 2. The van der Waals surface area contributed by atoms with Crippen molar-refractivity contribution in [1.82, 2.24) is 24.2 Å². The van der Waals surface area contributed by atoms with E-state index in [2.05, 4.69) is 15.4 Å². The lowest BCUT2D eigenvalue weighted by molar-refractivity contribution is -0.115. The summed E-state index contributed by atoms with van der Waals surface area (Å²) in [6, 6.07) is 13.2. The molecule has 0 spiro atoms. The second-order valence-electron chi connectivity index (χ2n) is 8.98. The van der Waals surface area contributed by atoms with E-state index < -0.39 is 0 Å². The van der Waals surface area contributed by atoms with Gasteiger partial charge < -0.3 is 14.8 Å². The molecule has 8 nitrogen and oxygen atoms in total. The highest BCUT2D eigenvalue weighted by atomic mass is 19.1. The van der Waals surface area contributed by atoms with Gasteiger partial charge in [-0.25, -0.2) is 14.1 Å². The number of aryl methyl sites for hydroxylation is 1. The number of likely N-dealkylation sites (tertiary alicyclic amines) is 1. The number of aromatic nitrogens is 4. The summed E-state index contributed by atoms with van der Waals surface area (Å²) in [6.45, 7) is 0.704. The molecule has 1 fully saturated rings. The Balaban J connectivity index is 1.25. The molecule has 36 heavy (non-hydrogen) atoms.